The van der Waals surface area contributed by atoms with Crippen molar-refractivity contribution in [3.05, 3.63) is 52.8 Å². The van der Waals surface area contributed by atoms with Crippen molar-refractivity contribution >= 4 is 5.91 Å². The smallest absolute Gasteiger partial charge is 0.267 e. The Labute approximate surface area is 154 Å². The Morgan fingerprint density at radius 3 is 2.58 bits per heavy atom. The van der Waals surface area contributed by atoms with Crippen molar-refractivity contribution in [1.29, 1.82) is 0 Å². The Kier molecular flexibility index (Phi) is 5.25. The van der Waals surface area contributed by atoms with Crippen molar-refractivity contribution in [2.45, 2.75) is 52.6 Å². The lowest BCUT2D eigenvalue weighted by atomic mass is 9.87. The van der Waals surface area contributed by atoms with Gasteiger partial charge in [0.1, 0.15) is 6.54 Å². The average Bonchev–Trinajstić information content (AvgIpc) is 3.04. The number of carbonyl (C=O) groups is 1. The van der Waals surface area contributed by atoms with Gasteiger partial charge in [0.2, 0.25) is 5.91 Å². The number of rotatable bonds is 4. The van der Waals surface area contributed by atoms with Gasteiger partial charge < -0.3 is 4.90 Å². The second-order valence-electron chi connectivity index (χ2n) is 8.23. The fraction of sp³-hybridized carbons (Fsp3) is 0.476. The summed E-state index contributed by atoms with van der Waals surface area (Å²) in [6.45, 7) is 7.36. The van der Waals surface area contributed by atoms with Crippen LogP contribution in [0.2, 0.25) is 0 Å². The topological polar surface area (TPSA) is 55.2 Å². The van der Waals surface area contributed by atoms with Crippen LogP contribution in [-0.4, -0.2) is 33.2 Å². The molecule has 26 heavy (non-hydrogen) atoms. The normalized spacial score (nSPS) is 17.5. The van der Waals surface area contributed by atoms with Gasteiger partial charge in [0.25, 0.3) is 5.56 Å². The number of carbonyl (C=O) groups excluding carboxylic acids is 1. The molecule has 1 aliphatic rings. The molecule has 3 rings (SSSR count). The van der Waals surface area contributed by atoms with E-state index in [1.54, 1.807) is 6.07 Å². The van der Waals surface area contributed by atoms with Crippen molar-refractivity contribution in [1.82, 2.24) is 14.7 Å². The highest BCUT2D eigenvalue weighted by Gasteiger charge is 2.31. The summed E-state index contributed by atoms with van der Waals surface area (Å²) in [5.74, 6) is -0.0171. The number of likely N-dealkylation sites (tertiary alicyclic amines) is 1. The molecule has 1 saturated heterocycles. The summed E-state index contributed by atoms with van der Waals surface area (Å²) in [6, 6.07) is 13.1. The van der Waals surface area contributed by atoms with Gasteiger partial charge in [0.05, 0.1) is 5.69 Å². The van der Waals surface area contributed by atoms with E-state index in [1.165, 1.54) is 10.7 Å². The van der Waals surface area contributed by atoms with E-state index in [2.05, 4.69) is 25.9 Å². The molecule has 138 valence electrons. The highest BCUT2D eigenvalue weighted by Crippen LogP contribution is 2.30. The third-order valence-electron chi connectivity index (χ3n) is 4.77. The molecule has 0 N–H and O–H groups in total. The van der Waals surface area contributed by atoms with Gasteiger partial charge in [-0.3, -0.25) is 9.59 Å². The van der Waals surface area contributed by atoms with Crippen LogP contribution in [0.5, 0.6) is 0 Å². The maximum absolute atomic E-state index is 12.8. The fourth-order valence-electron chi connectivity index (χ4n) is 3.63. The number of hydrogen-bond donors (Lipinski definition) is 0. The van der Waals surface area contributed by atoms with Crippen LogP contribution in [0.4, 0.5) is 0 Å². The van der Waals surface area contributed by atoms with Crippen LogP contribution in [0, 0.1) is 5.41 Å². The molecule has 5 heteroatoms. The number of nitrogens with zero attached hydrogens (tertiary/aromatic N) is 3. The van der Waals surface area contributed by atoms with E-state index < -0.39 is 0 Å². The average molecular weight is 353 g/mol. The highest BCUT2D eigenvalue weighted by atomic mass is 16.2. The van der Waals surface area contributed by atoms with Crippen molar-refractivity contribution in [2.24, 2.45) is 5.41 Å². The number of aromatic nitrogens is 2. The maximum atomic E-state index is 12.8. The Bertz CT molecular complexity index is 821. The van der Waals surface area contributed by atoms with E-state index in [-0.39, 0.29) is 29.5 Å². The molecule has 1 aliphatic heterocycles. The maximum Gasteiger partial charge on any atom is 0.267 e. The lowest BCUT2D eigenvalue weighted by Gasteiger charge is -2.30. The first-order valence-electron chi connectivity index (χ1n) is 9.26. The van der Waals surface area contributed by atoms with Gasteiger partial charge >= 0.3 is 0 Å². The van der Waals surface area contributed by atoms with Gasteiger partial charge in [0, 0.05) is 24.2 Å². The lowest BCUT2D eigenvalue weighted by Crippen LogP contribution is -2.41. The molecule has 0 unspecified atom stereocenters. The molecule has 1 amide bonds. The summed E-state index contributed by atoms with van der Waals surface area (Å²) in [4.78, 5) is 27.0. The summed E-state index contributed by atoms with van der Waals surface area (Å²) in [7, 11) is 0. The van der Waals surface area contributed by atoms with Crippen molar-refractivity contribution in [2.75, 3.05) is 6.54 Å². The number of benzene rings is 1. The second-order valence-corrected chi connectivity index (χ2v) is 8.23. The first-order valence-corrected chi connectivity index (χ1v) is 9.26. The predicted octanol–water partition coefficient (Wildman–Crippen LogP) is 3.34. The van der Waals surface area contributed by atoms with E-state index in [1.807, 2.05) is 35.2 Å². The van der Waals surface area contributed by atoms with Crippen LogP contribution in [-0.2, 0) is 11.3 Å². The molecule has 1 fully saturated rings. The zero-order chi connectivity index (χ0) is 18.7. The third-order valence-corrected chi connectivity index (χ3v) is 4.77. The van der Waals surface area contributed by atoms with Crippen molar-refractivity contribution < 1.29 is 4.79 Å². The van der Waals surface area contributed by atoms with E-state index in [4.69, 9.17) is 0 Å². The fourth-order valence-corrected chi connectivity index (χ4v) is 3.63. The molecule has 0 bridgehead atoms. The first kappa shape index (κ1) is 18.4. The molecule has 0 aliphatic carbocycles. The molecule has 1 aromatic heterocycles. The van der Waals surface area contributed by atoms with Gasteiger partial charge in [-0.05, 0) is 30.7 Å². The van der Waals surface area contributed by atoms with Gasteiger partial charge in [-0.25, -0.2) is 4.68 Å². The van der Waals surface area contributed by atoms with Crippen molar-refractivity contribution in [3.63, 3.8) is 0 Å². The zero-order valence-electron chi connectivity index (χ0n) is 15.8. The largest absolute Gasteiger partial charge is 0.338 e. The molecule has 0 radical (unpaired) electrons. The minimum atomic E-state index is -0.246. The van der Waals surface area contributed by atoms with Crippen LogP contribution in [0.25, 0.3) is 11.3 Å². The molecule has 2 aromatic rings. The second kappa shape index (κ2) is 7.44. The molecular formula is C21H27N3O2. The van der Waals surface area contributed by atoms with E-state index in [9.17, 15) is 9.59 Å². The summed E-state index contributed by atoms with van der Waals surface area (Å²) in [5, 5.41) is 4.41. The van der Waals surface area contributed by atoms with E-state index >= 15 is 0 Å². The Hall–Kier alpha value is -2.43. The van der Waals surface area contributed by atoms with Gasteiger partial charge in [-0.1, -0.05) is 51.1 Å². The Balaban J connectivity index is 1.78. The summed E-state index contributed by atoms with van der Waals surface area (Å²) >= 11 is 0. The van der Waals surface area contributed by atoms with Gasteiger partial charge in [-0.15, -0.1) is 0 Å². The predicted molar refractivity (Wildman–Crippen MR) is 103 cm³/mol. The van der Waals surface area contributed by atoms with Gasteiger partial charge in [-0.2, -0.15) is 5.10 Å². The molecule has 2 heterocycles. The van der Waals surface area contributed by atoms with E-state index in [0.29, 0.717) is 5.69 Å². The van der Waals surface area contributed by atoms with Crippen LogP contribution in [0.1, 0.15) is 40.0 Å². The molecule has 5 nitrogen and oxygen atoms in total. The Morgan fingerprint density at radius 2 is 1.88 bits per heavy atom. The lowest BCUT2D eigenvalue weighted by molar-refractivity contribution is -0.133. The minimum absolute atomic E-state index is 0.000149. The molecular weight excluding hydrogens is 326 g/mol. The van der Waals surface area contributed by atoms with Crippen LogP contribution in [0.15, 0.2) is 47.3 Å². The third kappa shape index (κ3) is 4.40. The van der Waals surface area contributed by atoms with Crippen LogP contribution in [0.3, 0.4) is 0 Å². The monoisotopic (exact) mass is 353 g/mol. The zero-order valence-corrected chi connectivity index (χ0v) is 15.8. The Morgan fingerprint density at radius 1 is 1.15 bits per heavy atom. The summed E-state index contributed by atoms with van der Waals surface area (Å²) in [5.41, 5.74) is 1.56. The minimum Gasteiger partial charge on any atom is -0.338 e. The first-order chi connectivity index (χ1) is 12.3. The van der Waals surface area contributed by atoms with Crippen LogP contribution >= 0.6 is 0 Å². The summed E-state index contributed by atoms with van der Waals surface area (Å²) in [6.07, 6.45) is 3.04. The standard InChI is InChI=1S/C21H27N3O2/c1-21(2,3)14-17-10-7-13-23(17)20(26)15-24-19(25)12-11-18(22-24)16-8-5-4-6-9-16/h4-6,8-9,11-12,17H,7,10,13-15H2,1-3H3/t17-/m0/s1. The number of amides is 1. The van der Waals surface area contributed by atoms with Gasteiger partial charge in [0.15, 0.2) is 0 Å². The van der Waals surface area contributed by atoms with Crippen molar-refractivity contribution in [3.8, 4) is 11.3 Å². The molecule has 0 saturated carbocycles. The highest BCUT2D eigenvalue weighted by molar-refractivity contribution is 5.76. The summed E-state index contributed by atoms with van der Waals surface area (Å²) < 4.78 is 1.29. The molecule has 1 atom stereocenters. The molecule has 0 spiro atoms. The SMILES string of the molecule is CC(C)(C)C[C@@H]1CCCN1C(=O)Cn1nc(-c2ccccc2)ccc1=O. The number of hydrogen-bond acceptors (Lipinski definition) is 3. The molecule has 1 aromatic carbocycles. The quantitative estimate of drug-likeness (QED) is 0.847. The van der Waals surface area contributed by atoms with Crippen LogP contribution < -0.4 is 5.56 Å². The van der Waals surface area contributed by atoms with E-state index in [0.717, 1.165) is 31.4 Å².